The Balaban J connectivity index is 1.95. The van der Waals surface area contributed by atoms with Crippen molar-refractivity contribution in [1.82, 2.24) is 0 Å². The maximum absolute atomic E-state index is 8.81. The molecule has 0 fully saturated rings. The third-order valence-corrected chi connectivity index (χ3v) is 6.89. The second-order valence-corrected chi connectivity index (χ2v) is 9.03. The molecule has 1 atom stereocenters. The minimum Gasteiger partial charge on any atom is -0.198 e. The van der Waals surface area contributed by atoms with Gasteiger partial charge in [-0.15, -0.1) is 0 Å². The molecule has 1 heteroatoms. The number of hydrogen-bond acceptors (Lipinski definition) is 0. The van der Waals surface area contributed by atoms with Crippen LogP contribution in [-0.2, 0) is 7.05 Å². The molecular formula is C30H34N+. The lowest BCUT2D eigenvalue weighted by Gasteiger charge is -2.15. The minimum atomic E-state index is 0.495. The third kappa shape index (κ3) is 3.78. The van der Waals surface area contributed by atoms with E-state index in [9.17, 15) is 0 Å². The van der Waals surface area contributed by atoms with Crippen molar-refractivity contribution in [3.05, 3.63) is 88.6 Å². The van der Waals surface area contributed by atoms with Crippen molar-refractivity contribution in [3.8, 4) is 22.4 Å². The van der Waals surface area contributed by atoms with Crippen molar-refractivity contribution in [2.75, 3.05) is 0 Å². The predicted molar refractivity (Wildman–Crippen MR) is 134 cm³/mol. The highest BCUT2D eigenvalue weighted by Crippen LogP contribution is 2.34. The molecule has 0 aliphatic rings. The van der Waals surface area contributed by atoms with Crippen LogP contribution in [0.15, 0.2) is 60.6 Å². The summed E-state index contributed by atoms with van der Waals surface area (Å²) in [5.41, 5.74) is 11.2. The first kappa shape index (κ1) is 20.0. The van der Waals surface area contributed by atoms with Gasteiger partial charge in [-0.2, -0.15) is 4.57 Å². The molecule has 0 bridgehead atoms. The van der Waals surface area contributed by atoms with Crippen LogP contribution in [0.2, 0.25) is 0 Å². The molecule has 1 unspecified atom stereocenters. The lowest BCUT2D eigenvalue weighted by Crippen LogP contribution is -2.35. The summed E-state index contributed by atoms with van der Waals surface area (Å²) in [4.78, 5) is 0. The molecule has 4 aromatic rings. The average Bonchev–Trinajstić information content (AvgIpc) is 2.78. The number of aryl methyl sites for hydroxylation is 3. The van der Waals surface area contributed by atoms with Gasteiger partial charge in [-0.25, -0.2) is 0 Å². The van der Waals surface area contributed by atoms with Crippen LogP contribution in [0.25, 0.3) is 33.2 Å². The van der Waals surface area contributed by atoms with Crippen LogP contribution in [0.1, 0.15) is 55.5 Å². The monoisotopic (exact) mass is 409 g/mol. The van der Waals surface area contributed by atoms with Crippen LogP contribution < -0.4 is 4.57 Å². The van der Waals surface area contributed by atoms with Crippen molar-refractivity contribution < 1.29 is 5.94 Å². The summed E-state index contributed by atoms with van der Waals surface area (Å²) >= 11 is 0. The molecule has 0 saturated heterocycles. The summed E-state index contributed by atoms with van der Waals surface area (Å²) < 4.78 is 11.0. The number of benzene rings is 3. The van der Waals surface area contributed by atoms with Crippen LogP contribution in [0.3, 0.4) is 0 Å². The standard InChI is InChI=1S/C30H34N/c1-8-19(2)24-12-15-28-26(18-24)17-23(6)31(7)30(28)27-14-13-25(16-22(27)5)29-20(3)10-9-11-21(29)4/h9-19H,8H2,1-7H3/q+1/i17D. The Hall–Kier alpha value is -2.93. The number of pyridine rings is 1. The largest absolute Gasteiger partial charge is 0.220 e. The molecule has 1 aromatic heterocycles. The summed E-state index contributed by atoms with van der Waals surface area (Å²) in [6, 6.07) is 20.7. The minimum absolute atomic E-state index is 0.495. The SMILES string of the molecule is [2H]c1c(C)[n+](C)c(-c2ccc(-c3c(C)cccc3C)cc2C)c2ccc(C(C)CC)cc12. The molecule has 0 aliphatic carbocycles. The summed E-state index contributed by atoms with van der Waals surface area (Å²) in [5, 5.41) is 2.20. The molecule has 0 radical (unpaired) electrons. The number of hydrogen-bond donors (Lipinski definition) is 0. The highest BCUT2D eigenvalue weighted by atomic mass is 14.9. The van der Waals surface area contributed by atoms with Gasteiger partial charge in [0.25, 0.3) is 0 Å². The number of nitrogens with zero attached hydrogens (tertiary/aromatic N) is 1. The number of aromatic nitrogens is 1. The van der Waals surface area contributed by atoms with Gasteiger partial charge in [0.05, 0.1) is 6.76 Å². The molecule has 3 aromatic carbocycles. The van der Waals surface area contributed by atoms with Crippen LogP contribution in [-0.4, -0.2) is 0 Å². The van der Waals surface area contributed by atoms with E-state index in [-0.39, 0.29) is 0 Å². The summed E-state index contributed by atoms with van der Waals surface area (Å²) in [5.74, 6) is 0.495. The van der Waals surface area contributed by atoms with E-state index >= 15 is 0 Å². The first-order valence-electron chi connectivity index (χ1n) is 11.8. The molecular weight excluding hydrogens is 374 g/mol. The first-order chi connectivity index (χ1) is 15.2. The van der Waals surface area contributed by atoms with Crippen molar-refractivity contribution in [3.63, 3.8) is 0 Å². The van der Waals surface area contributed by atoms with Crippen LogP contribution >= 0.6 is 0 Å². The van der Waals surface area contributed by atoms with Gasteiger partial charge in [0.2, 0.25) is 5.69 Å². The van der Waals surface area contributed by atoms with E-state index in [0.717, 1.165) is 22.9 Å². The Morgan fingerprint density at radius 2 is 1.61 bits per heavy atom. The summed E-state index contributed by atoms with van der Waals surface area (Å²) in [6.07, 6.45) is 1.10. The number of rotatable bonds is 4. The normalized spacial score (nSPS) is 12.8. The first-order valence-corrected chi connectivity index (χ1v) is 11.3. The Morgan fingerprint density at radius 3 is 2.26 bits per heavy atom. The Bertz CT molecular complexity index is 1310. The lowest BCUT2D eigenvalue weighted by molar-refractivity contribution is -0.665. The van der Waals surface area contributed by atoms with E-state index < -0.39 is 0 Å². The zero-order chi connectivity index (χ0) is 23.2. The van der Waals surface area contributed by atoms with E-state index in [0.29, 0.717) is 12.0 Å². The van der Waals surface area contributed by atoms with E-state index in [4.69, 9.17) is 1.37 Å². The van der Waals surface area contributed by atoms with Gasteiger partial charge in [0.15, 0.2) is 5.69 Å². The fourth-order valence-electron chi connectivity index (χ4n) is 4.72. The van der Waals surface area contributed by atoms with Gasteiger partial charge in [-0.1, -0.05) is 56.3 Å². The molecule has 4 rings (SSSR count). The van der Waals surface area contributed by atoms with E-state index in [1.165, 1.54) is 44.6 Å². The van der Waals surface area contributed by atoms with Gasteiger partial charge < -0.3 is 0 Å². The molecule has 0 aliphatic heterocycles. The smallest absolute Gasteiger partial charge is 0.198 e. The second kappa shape index (κ2) is 8.30. The predicted octanol–water partition coefficient (Wildman–Crippen LogP) is 7.75. The Kier molecular flexibility index (Phi) is 5.36. The van der Waals surface area contributed by atoms with Gasteiger partial charge in [0, 0.05) is 18.5 Å². The van der Waals surface area contributed by atoms with Gasteiger partial charge in [-0.05, 0) is 84.0 Å². The molecule has 1 heterocycles. The van der Waals surface area contributed by atoms with E-state index in [1.807, 2.05) is 0 Å². The highest BCUT2D eigenvalue weighted by molar-refractivity contribution is 5.94. The molecule has 158 valence electrons. The van der Waals surface area contributed by atoms with E-state index in [2.05, 4.69) is 108 Å². The van der Waals surface area contributed by atoms with Gasteiger partial charge in [-0.3, -0.25) is 0 Å². The maximum Gasteiger partial charge on any atom is 0.220 e. The Morgan fingerprint density at radius 1 is 0.903 bits per heavy atom. The van der Waals surface area contributed by atoms with Crippen molar-refractivity contribution in [2.45, 2.75) is 53.9 Å². The second-order valence-electron chi connectivity index (χ2n) is 9.03. The molecule has 0 amide bonds. The van der Waals surface area contributed by atoms with Gasteiger partial charge in [0.1, 0.15) is 7.05 Å². The molecule has 0 spiro atoms. The number of fused-ring (bicyclic) bond motifs is 1. The Labute approximate surface area is 188 Å². The summed E-state index contributed by atoms with van der Waals surface area (Å²) in [6.45, 7) is 13.1. The van der Waals surface area contributed by atoms with Crippen LogP contribution in [0.5, 0.6) is 0 Å². The van der Waals surface area contributed by atoms with Gasteiger partial charge >= 0.3 is 0 Å². The quantitative estimate of drug-likeness (QED) is 0.303. The molecule has 0 N–H and O–H groups in total. The molecule has 0 saturated carbocycles. The highest BCUT2D eigenvalue weighted by Gasteiger charge is 2.21. The van der Waals surface area contributed by atoms with Crippen molar-refractivity contribution >= 4 is 10.8 Å². The topological polar surface area (TPSA) is 3.88 Å². The van der Waals surface area contributed by atoms with Crippen LogP contribution in [0, 0.1) is 27.7 Å². The fraction of sp³-hybridized carbons (Fsp3) is 0.300. The molecule has 1 nitrogen and oxygen atoms in total. The lowest BCUT2D eigenvalue weighted by atomic mass is 9.90. The third-order valence-electron chi connectivity index (χ3n) is 6.89. The van der Waals surface area contributed by atoms with E-state index in [1.54, 1.807) is 0 Å². The van der Waals surface area contributed by atoms with Crippen molar-refractivity contribution in [1.29, 1.82) is 0 Å². The molecule has 31 heavy (non-hydrogen) atoms. The fourth-order valence-corrected chi connectivity index (χ4v) is 4.72. The zero-order valence-electron chi connectivity index (χ0n) is 20.9. The zero-order valence-corrected chi connectivity index (χ0v) is 19.9. The maximum atomic E-state index is 8.81. The average molecular weight is 410 g/mol. The van der Waals surface area contributed by atoms with Crippen LogP contribution in [0.4, 0.5) is 0 Å². The summed E-state index contributed by atoms with van der Waals surface area (Å²) in [7, 11) is 2.09. The van der Waals surface area contributed by atoms with Crippen molar-refractivity contribution in [2.24, 2.45) is 7.05 Å².